The second kappa shape index (κ2) is 8.86. The summed E-state index contributed by atoms with van der Waals surface area (Å²) in [5, 5.41) is 8.85. The van der Waals surface area contributed by atoms with E-state index in [9.17, 15) is 4.79 Å². The van der Waals surface area contributed by atoms with E-state index in [0.29, 0.717) is 34.8 Å². The van der Waals surface area contributed by atoms with Gasteiger partial charge in [0.25, 0.3) is 11.1 Å². The number of carbonyl (C=O) groups excluding carboxylic acids is 1. The Morgan fingerprint density at radius 3 is 2.63 bits per heavy atom. The molecule has 0 spiro atoms. The van der Waals surface area contributed by atoms with Crippen LogP contribution in [-0.2, 0) is 12.2 Å². The van der Waals surface area contributed by atoms with Crippen molar-refractivity contribution in [1.29, 1.82) is 0 Å². The van der Waals surface area contributed by atoms with Crippen LogP contribution in [0.4, 0.5) is 0 Å². The Kier molecular flexibility index (Phi) is 6.29. The van der Waals surface area contributed by atoms with E-state index < -0.39 is 0 Å². The Morgan fingerprint density at radius 2 is 1.89 bits per heavy atom. The van der Waals surface area contributed by atoms with Gasteiger partial charge in [0.15, 0.2) is 0 Å². The molecule has 0 fully saturated rings. The first kappa shape index (κ1) is 19.2. The van der Waals surface area contributed by atoms with E-state index in [-0.39, 0.29) is 5.91 Å². The average molecular weight is 382 g/mol. The van der Waals surface area contributed by atoms with E-state index in [1.165, 1.54) is 17.3 Å². The zero-order valence-corrected chi connectivity index (χ0v) is 16.6. The molecule has 1 atom stereocenters. The average Bonchev–Trinajstić information content (AvgIpc) is 3.14. The number of aromatic nitrogens is 2. The summed E-state index contributed by atoms with van der Waals surface area (Å²) in [6, 6.07) is 17.9. The maximum absolute atomic E-state index is 12.1. The molecule has 0 aliphatic carbocycles. The Bertz CT molecular complexity index is 893. The van der Waals surface area contributed by atoms with Gasteiger partial charge in [-0.25, -0.2) is 0 Å². The SMILES string of the molecule is CC(Cc1nnc(SCc2cccc(C(=O)N(C)C)c2)o1)c1ccccc1. The van der Waals surface area contributed by atoms with Crippen molar-refractivity contribution < 1.29 is 9.21 Å². The predicted octanol–water partition coefficient (Wildman–Crippen LogP) is 4.41. The van der Waals surface area contributed by atoms with Gasteiger partial charge in [0.1, 0.15) is 0 Å². The van der Waals surface area contributed by atoms with E-state index >= 15 is 0 Å². The molecule has 0 radical (unpaired) electrons. The molecule has 1 aromatic heterocycles. The van der Waals surface area contributed by atoms with E-state index in [1.807, 2.05) is 42.5 Å². The minimum atomic E-state index is -0.00294. The van der Waals surface area contributed by atoms with Crippen LogP contribution in [0.1, 0.15) is 40.2 Å². The molecule has 0 aliphatic heterocycles. The van der Waals surface area contributed by atoms with Crippen LogP contribution in [0.15, 0.2) is 64.2 Å². The molecular formula is C21H23N3O2S. The zero-order valence-electron chi connectivity index (χ0n) is 15.8. The molecule has 3 rings (SSSR count). The molecule has 5 nitrogen and oxygen atoms in total. The van der Waals surface area contributed by atoms with Crippen molar-refractivity contribution in [1.82, 2.24) is 15.1 Å². The lowest BCUT2D eigenvalue weighted by Crippen LogP contribution is -2.21. The summed E-state index contributed by atoms with van der Waals surface area (Å²) in [5.74, 6) is 1.63. The lowest BCUT2D eigenvalue weighted by Gasteiger charge is -2.10. The number of rotatable bonds is 7. The van der Waals surface area contributed by atoms with Gasteiger partial charge in [-0.1, -0.05) is 61.2 Å². The second-order valence-electron chi connectivity index (χ2n) is 6.67. The molecule has 6 heteroatoms. The Balaban J connectivity index is 1.58. The van der Waals surface area contributed by atoms with Gasteiger partial charge in [-0.3, -0.25) is 4.79 Å². The van der Waals surface area contributed by atoms with E-state index in [2.05, 4.69) is 29.3 Å². The number of carbonyl (C=O) groups is 1. The number of benzene rings is 2. The fourth-order valence-electron chi connectivity index (χ4n) is 2.74. The number of hydrogen-bond donors (Lipinski definition) is 0. The summed E-state index contributed by atoms with van der Waals surface area (Å²) < 4.78 is 5.78. The Hall–Kier alpha value is -2.60. The fourth-order valence-corrected chi connectivity index (χ4v) is 3.46. The highest BCUT2D eigenvalue weighted by molar-refractivity contribution is 7.98. The van der Waals surface area contributed by atoms with Crippen LogP contribution in [0, 0.1) is 0 Å². The molecule has 3 aromatic rings. The molecule has 2 aromatic carbocycles. The third-order valence-corrected chi connectivity index (χ3v) is 5.13. The Morgan fingerprint density at radius 1 is 1.11 bits per heavy atom. The van der Waals surface area contributed by atoms with Gasteiger partial charge in [0.05, 0.1) is 0 Å². The summed E-state index contributed by atoms with van der Waals surface area (Å²) in [7, 11) is 3.50. The van der Waals surface area contributed by atoms with Gasteiger partial charge < -0.3 is 9.32 Å². The van der Waals surface area contributed by atoms with Crippen molar-refractivity contribution in [3.05, 3.63) is 77.2 Å². The largest absolute Gasteiger partial charge is 0.416 e. The molecule has 0 N–H and O–H groups in total. The standard InChI is InChI=1S/C21H23N3O2S/c1-15(17-9-5-4-6-10-17)12-19-22-23-21(26-19)27-14-16-8-7-11-18(13-16)20(25)24(2)3/h4-11,13,15H,12,14H2,1-3H3. The molecule has 1 heterocycles. The summed E-state index contributed by atoms with van der Waals surface area (Å²) in [6.45, 7) is 2.15. The molecule has 0 saturated carbocycles. The topological polar surface area (TPSA) is 59.2 Å². The summed E-state index contributed by atoms with van der Waals surface area (Å²) in [6.07, 6.45) is 0.713. The maximum atomic E-state index is 12.1. The smallest absolute Gasteiger partial charge is 0.276 e. The van der Waals surface area contributed by atoms with Gasteiger partial charge in [-0.2, -0.15) is 0 Å². The number of thioether (sulfide) groups is 1. The zero-order chi connectivity index (χ0) is 19.2. The van der Waals surface area contributed by atoms with Crippen LogP contribution in [-0.4, -0.2) is 35.1 Å². The van der Waals surface area contributed by atoms with Crippen LogP contribution in [0.25, 0.3) is 0 Å². The quantitative estimate of drug-likeness (QED) is 0.567. The normalized spacial score (nSPS) is 12.0. The summed E-state index contributed by atoms with van der Waals surface area (Å²) in [4.78, 5) is 13.6. The van der Waals surface area contributed by atoms with E-state index in [0.717, 1.165) is 5.56 Å². The van der Waals surface area contributed by atoms with Crippen molar-refractivity contribution in [3.63, 3.8) is 0 Å². The van der Waals surface area contributed by atoms with Crippen LogP contribution in [0.2, 0.25) is 0 Å². The minimum absolute atomic E-state index is 0.00294. The van der Waals surface area contributed by atoms with Crippen molar-refractivity contribution in [2.45, 2.75) is 30.2 Å². The second-order valence-corrected chi connectivity index (χ2v) is 7.59. The number of amides is 1. The summed E-state index contributed by atoms with van der Waals surface area (Å²) in [5.41, 5.74) is 2.98. The molecule has 0 aliphatic rings. The molecule has 0 saturated heterocycles. The predicted molar refractivity (Wildman–Crippen MR) is 107 cm³/mol. The Labute approximate surface area is 163 Å². The maximum Gasteiger partial charge on any atom is 0.276 e. The first-order valence-corrected chi connectivity index (χ1v) is 9.82. The van der Waals surface area contributed by atoms with E-state index in [1.54, 1.807) is 19.0 Å². The molecule has 0 bridgehead atoms. The van der Waals surface area contributed by atoms with Crippen LogP contribution in [0.3, 0.4) is 0 Å². The third-order valence-electron chi connectivity index (χ3n) is 4.24. The molecule has 27 heavy (non-hydrogen) atoms. The minimum Gasteiger partial charge on any atom is -0.416 e. The lowest BCUT2D eigenvalue weighted by atomic mass is 9.98. The van der Waals surface area contributed by atoms with Crippen molar-refractivity contribution in [2.24, 2.45) is 0 Å². The van der Waals surface area contributed by atoms with Crippen LogP contribution in [0.5, 0.6) is 0 Å². The third kappa shape index (κ3) is 5.20. The first-order valence-electron chi connectivity index (χ1n) is 8.83. The highest BCUT2D eigenvalue weighted by atomic mass is 32.2. The first-order chi connectivity index (χ1) is 13.0. The summed E-state index contributed by atoms with van der Waals surface area (Å²) >= 11 is 1.48. The van der Waals surface area contributed by atoms with Crippen LogP contribution >= 0.6 is 11.8 Å². The van der Waals surface area contributed by atoms with E-state index in [4.69, 9.17) is 4.42 Å². The molecule has 1 unspecified atom stereocenters. The fraction of sp³-hybridized carbons (Fsp3) is 0.286. The number of nitrogens with zero attached hydrogens (tertiary/aromatic N) is 3. The number of hydrogen-bond acceptors (Lipinski definition) is 5. The molecule has 1 amide bonds. The monoisotopic (exact) mass is 381 g/mol. The highest BCUT2D eigenvalue weighted by Gasteiger charge is 2.13. The van der Waals surface area contributed by atoms with Gasteiger partial charge in [0.2, 0.25) is 5.89 Å². The lowest BCUT2D eigenvalue weighted by molar-refractivity contribution is 0.0827. The van der Waals surface area contributed by atoms with Crippen molar-refractivity contribution in [2.75, 3.05) is 14.1 Å². The van der Waals surface area contributed by atoms with Crippen molar-refractivity contribution in [3.8, 4) is 0 Å². The van der Waals surface area contributed by atoms with Gasteiger partial charge in [-0.15, -0.1) is 10.2 Å². The van der Waals surface area contributed by atoms with Crippen molar-refractivity contribution >= 4 is 17.7 Å². The molecular weight excluding hydrogens is 358 g/mol. The van der Waals surface area contributed by atoms with Gasteiger partial charge in [0, 0.05) is 31.8 Å². The molecule has 140 valence electrons. The van der Waals surface area contributed by atoms with Gasteiger partial charge >= 0.3 is 0 Å². The van der Waals surface area contributed by atoms with Crippen LogP contribution < -0.4 is 0 Å². The van der Waals surface area contributed by atoms with Gasteiger partial charge in [-0.05, 0) is 29.2 Å². The highest BCUT2D eigenvalue weighted by Crippen LogP contribution is 2.25.